The second-order valence-corrected chi connectivity index (χ2v) is 9.26. The molecular formula is C28H27N3O. The SMILES string of the molecule is Cc1ccc(-c2ccc(C(=O)N3CC4(CCCNC4)C3)cc2-c2ccc(C#N)cc2)cc1. The van der Waals surface area contributed by atoms with Gasteiger partial charge in [0.25, 0.3) is 5.91 Å². The van der Waals surface area contributed by atoms with Gasteiger partial charge in [-0.3, -0.25) is 4.79 Å². The number of carbonyl (C=O) groups is 1. The van der Waals surface area contributed by atoms with Crippen LogP contribution < -0.4 is 5.32 Å². The Bertz CT molecular complexity index is 1170. The molecule has 0 atom stereocenters. The Balaban J connectivity index is 1.49. The van der Waals surface area contributed by atoms with E-state index in [1.807, 2.05) is 41.3 Å². The van der Waals surface area contributed by atoms with Crippen molar-refractivity contribution in [2.75, 3.05) is 26.2 Å². The van der Waals surface area contributed by atoms with Crippen LogP contribution in [0.2, 0.25) is 0 Å². The zero-order chi connectivity index (χ0) is 22.1. The lowest BCUT2D eigenvalue weighted by atomic mass is 9.73. The molecule has 2 aliphatic heterocycles. The molecule has 0 aromatic heterocycles. The maximum absolute atomic E-state index is 13.3. The van der Waals surface area contributed by atoms with Crippen molar-refractivity contribution < 1.29 is 4.79 Å². The summed E-state index contributed by atoms with van der Waals surface area (Å²) in [6.45, 7) is 5.86. The second kappa shape index (κ2) is 8.26. The maximum Gasteiger partial charge on any atom is 0.253 e. The molecule has 1 N–H and O–H groups in total. The number of carbonyl (C=O) groups excluding carboxylic acids is 1. The van der Waals surface area contributed by atoms with Crippen LogP contribution in [0.4, 0.5) is 0 Å². The third-order valence-corrected chi connectivity index (χ3v) is 6.85. The van der Waals surface area contributed by atoms with Gasteiger partial charge in [0.05, 0.1) is 11.6 Å². The summed E-state index contributed by atoms with van der Waals surface area (Å²) in [5.41, 5.74) is 7.05. The average molecular weight is 422 g/mol. The molecule has 2 fully saturated rings. The molecule has 3 aromatic carbocycles. The first-order valence-corrected chi connectivity index (χ1v) is 11.3. The van der Waals surface area contributed by atoms with E-state index in [2.05, 4.69) is 48.6 Å². The van der Waals surface area contributed by atoms with Crippen molar-refractivity contribution in [1.29, 1.82) is 5.26 Å². The molecule has 1 spiro atoms. The van der Waals surface area contributed by atoms with Crippen molar-refractivity contribution in [3.05, 3.63) is 83.4 Å². The second-order valence-electron chi connectivity index (χ2n) is 9.26. The molecule has 2 heterocycles. The fourth-order valence-corrected chi connectivity index (χ4v) is 5.02. The quantitative estimate of drug-likeness (QED) is 0.646. The Labute approximate surface area is 189 Å². The maximum atomic E-state index is 13.3. The summed E-state index contributed by atoms with van der Waals surface area (Å²) in [5, 5.41) is 12.7. The lowest BCUT2D eigenvalue weighted by Crippen LogP contribution is -2.63. The normalized spacial score (nSPS) is 16.9. The Kier molecular flexibility index (Phi) is 5.28. The number of piperidine rings is 1. The third-order valence-electron chi connectivity index (χ3n) is 6.85. The van der Waals surface area contributed by atoms with Gasteiger partial charge in [-0.25, -0.2) is 0 Å². The summed E-state index contributed by atoms with van der Waals surface area (Å²) in [4.78, 5) is 15.3. The number of nitriles is 1. The van der Waals surface area contributed by atoms with Crippen LogP contribution in [-0.2, 0) is 0 Å². The van der Waals surface area contributed by atoms with Crippen molar-refractivity contribution in [1.82, 2.24) is 10.2 Å². The highest BCUT2D eigenvalue weighted by Gasteiger charge is 2.45. The van der Waals surface area contributed by atoms with Gasteiger partial charge in [-0.05, 0) is 72.8 Å². The molecule has 3 aromatic rings. The molecule has 2 saturated heterocycles. The first-order chi connectivity index (χ1) is 15.6. The first-order valence-electron chi connectivity index (χ1n) is 11.3. The zero-order valence-corrected chi connectivity index (χ0v) is 18.4. The summed E-state index contributed by atoms with van der Waals surface area (Å²) in [6, 6.07) is 24.3. The molecular weight excluding hydrogens is 394 g/mol. The zero-order valence-electron chi connectivity index (χ0n) is 18.4. The lowest BCUT2D eigenvalue weighted by molar-refractivity contribution is -0.00721. The number of rotatable bonds is 3. The topological polar surface area (TPSA) is 56.1 Å². The van der Waals surface area contributed by atoms with Crippen molar-refractivity contribution >= 4 is 5.91 Å². The van der Waals surface area contributed by atoms with Crippen LogP contribution in [0.5, 0.6) is 0 Å². The van der Waals surface area contributed by atoms with E-state index < -0.39 is 0 Å². The van der Waals surface area contributed by atoms with Gasteiger partial charge in [0.2, 0.25) is 0 Å². The molecule has 32 heavy (non-hydrogen) atoms. The van der Waals surface area contributed by atoms with E-state index in [0.29, 0.717) is 5.56 Å². The summed E-state index contributed by atoms with van der Waals surface area (Å²) in [5.74, 6) is 0.103. The molecule has 0 unspecified atom stereocenters. The number of likely N-dealkylation sites (tertiary alicyclic amines) is 1. The van der Waals surface area contributed by atoms with Gasteiger partial charge in [-0.15, -0.1) is 0 Å². The minimum Gasteiger partial charge on any atom is -0.337 e. The van der Waals surface area contributed by atoms with Gasteiger partial charge >= 0.3 is 0 Å². The molecule has 1 amide bonds. The lowest BCUT2D eigenvalue weighted by Gasteiger charge is -2.52. The fourth-order valence-electron chi connectivity index (χ4n) is 5.02. The van der Waals surface area contributed by atoms with Crippen molar-refractivity contribution in [2.45, 2.75) is 19.8 Å². The van der Waals surface area contributed by atoms with Crippen LogP contribution in [-0.4, -0.2) is 37.0 Å². The van der Waals surface area contributed by atoms with Crippen molar-refractivity contribution in [2.24, 2.45) is 5.41 Å². The Hall–Kier alpha value is -3.42. The van der Waals surface area contributed by atoms with Crippen molar-refractivity contribution in [3.63, 3.8) is 0 Å². The number of nitrogens with zero attached hydrogens (tertiary/aromatic N) is 2. The monoisotopic (exact) mass is 421 g/mol. The van der Waals surface area contributed by atoms with Gasteiger partial charge in [-0.1, -0.05) is 48.0 Å². The van der Waals surface area contributed by atoms with E-state index in [1.165, 1.54) is 18.4 Å². The number of nitrogens with one attached hydrogen (secondary N) is 1. The van der Waals surface area contributed by atoms with Crippen LogP contribution >= 0.6 is 0 Å². The molecule has 2 aliphatic rings. The average Bonchev–Trinajstić information content (AvgIpc) is 2.83. The molecule has 5 rings (SSSR count). The summed E-state index contributed by atoms with van der Waals surface area (Å²) in [7, 11) is 0. The number of hydrogen-bond donors (Lipinski definition) is 1. The summed E-state index contributed by atoms with van der Waals surface area (Å²) in [6.07, 6.45) is 2.39. The van der Waals surface area contributed by atoms with Crippen LogP contribution in [0.25, 0.3) is 22.3 Å². The molecule has 0 aliphatic carbocycles. The van der Waals surface area contributed by atoms with Crippen LogP contribution in [0.3, 0.4) is 0 Å². The molecule has 4 heteroatoms. The third kappa shape index (κ3) is 3.81. The molecule has 0 radical (unpaired) electrons. The summed E-state index contributed by atoms with van der Waals surface area (Å²) < 4.78 is 0. The van der Waals surface area contributed by atoms with E-state index in [0.717, 1.165) is 54.0 Å². The van der Waals surface area contributed by atoms with Gasteiger partial charge in [0, 0.05) is 30.6 Å². The smallest absolute Gasteiger partial charge is 0.253 e. The van der Waals surface area contributed by atoms with Crippen molar-refractivity contribution in [3.8, 4) is 28.3 Å². The fraction of sp³-hybridized carbons (Fsp3) is 0.286. The van der Waals surface area contributed by atoms with E-state index in [4.69, 9.17) is 5.26 Å². The number of aryl methyl sites for hydroxylation is 1. The van der Waals surface area contributed by atoms with Crippen LogP contribution in [0.15, 0.2) is 66.7 Å². The standard InChI is InChI=1S/C28H27N3O/c1-20-3-7-22(8-4-20)25-12-11-24(15-26(25)23-9-5-21(16-29)6-10-23)27(32)31-18-28(19-31)13-2-14-30-17-28/h3-12,15,30H,2,13-14,17-19H2,1H3. The minimum atomic E-state index is 0.103. The van der Waals surface area contributed by atoms with E-state index in [9.17, 15) is 4.79 Å². The van der Waals surface area contributed by atoms with E-state index in [1.54, 1.807) is 0 Å². The Morgan fingerprint density at radius 2 is 1.66 bits per heavy atom. The summed E-state index contributed by atoms with van der Waals surface area (Å²) >= 11 is 0. The predicted molar refractivity (Wildman–Crippen MR) is 127 cm³/mol. The van der Waals surface area contributed by atoms with Gasteiger partial charge < -0.3 is 10.2 Å². The highest BCUT2D eigenvalue weighted by molar-refractivity contribution is 5.98. The minimum absolute atomic E-state index is 0.103. The number of benzene rings is 3. The van der Waals surface area contributed by atoms with Crippen LogP contribution in [0, 0.1) is 23.7 Å². The highest BCUT2D eigenvalue weighted by atomic mass is 16.2. The van der Waals surface area contributed by atoms with Crippen LogP contribution in [0.1, 0.15) is 34.3 Å². The molecule has 4 nitrogen and oxygen atoms in total. The molecule has 0 bridgehead atoms. The Morgan fingerprint density at radius 1 is 0.969 bits per heavy atom. The van der Waals surface area contributed by atoms with E-state index in [-0.39, 0.29) is 11.3 Å². The Morgan fingerprint density at radius 3 is 2.31 bits per heavy atom. The number of amides is 1. The first kappa shape index (κ1) is 20.5. The molecule has 0 saturated carbocycles. The highest BCUT2D eigenvalue weighted by Crippen LogP contribution is 2.38. The largest absolute Gasteiger partial charge is 0.337 e. The van der Waals surface area contributed by atoms with Gasteiger partial charge in [0.1, 0.15) is 0 Å². The predicted octanol–water partition coefficient (Wildman–Crippen LogP) is 5.03. The van der Waals surface area contributed by atoms with E-state index >= 15 is 0 Å². The number of hydrogen-bond acceptors (Lipinski definition) is 3. The molecule has 160 valence electrons. The van der Waals surface area contributed by atoms with Gasteiger partial charge in [-0.2, -0.15) is 5.26 Å². The van der Waals surface area contributed by atoms with Gasteiger partial charge in [0.15, 0.2) is 0 Å².